The number of thiazole rings is 1. The van der Waals surface area contributed by atoms with Crippen LogP contribution < -0.4 is 10.6 Å². The molecule has 0 atom stereocenters. The van der Waals surface area contributed by atoms with E-state index in [1.54, 1.807) is 19.9 Å². The van der Waals surface area contributed by atoms with Crippen LogP contribution in [-0.4, -0.2) is 34.8 Å². The molecule has 0 aliphatic carbocycles. The Morgan fingerprint density at radius 1 is 1.23 bits per heavy atom. The fourth-order valence-electron chi connectivity index (χ4n) is 3.55. The molecule has 0 fully saturated rings. The van der Waals surface area contributed by atoms with Crippen LogP contribution >= 0.6 is 11.3 Å². The number of furan rings is 1. The Bertz CT molecular complexity index is 1060. The molecule has 30 heavy (non-hydrogen) atoms. The van der Waals surface area contributed by atoms with E-state index in [2.05, 4.69) is 44.8 Å². The van der Waals surface area contributed by atoms with Crippen LogP contribution in [0.4, 0.5) is 5.13 Å². The van der Waals surface area contributed by atoms with Crippen LogP contribution in [0.5, 0.6) is 0 Å². The first kappa shape index (κ1) is 20.3. The number of hydrogen-bond acceptors (Lipinski definition) is 6. The van der Waals surface area contributed by atoms with Crippen LogP contribution in [0, 0.1) is 13.8 Å². The SMILES string of the molecule is Cc1cc(C(=O)NCC(=O)Nc2nc3c(s2)CN(Cc2ccccc2)CC3)c(C)o1. The third-order valence-electron chi connectivity index (χ3n) is 5.00. The van der Waals surface area contributed by atoms with Gasteiger partial charge in [-0.2, -0.15) is 0 Å². The van der Waals surface area contributed by atoms with E-state index in [0.29, 0.717) is 22.2 Å². The van der Waals surface area contributed by atoms with Gasteiger partial charge in [0.05, 0.1) is 17.8 Å². The molecule has 156 valence electrons. The number of benzene rings is 1. The molecule has 0 bridgehead atoms. The molecule has 0 spiro atoms. The van der Waals surface area contributed by atoms with Gasteiger partial charge in [0.25, 0.3) is 5.91 Å². The van der Waals surface area contributed by atoms with Gasteiger partial charge in [-0.3, -0.25) is 14.5 Å². The van der Waals surface area contributed by atoms with E-state index in [-0.39, 0.29) is 18.4 Å². The van der Waals surface area contributed by atoms with E-state index in [4.69, 9.17) is 4.42 Å². The van der Waals surface area contributed by atoms with Crippen LogP contribution in [0.3, 0.4) is 0 Å². The van der Waals surface area contributed by atoms with E-state index in [0.717, 1.165) is 31.7 Å². The zero-order valence-corrected chi connectivity index (χ0v) is 17.8. The van der Waals surface area contributed by atoms with Gasteiger partial charge >= 0.3 is 0 Å². The van der Waals surface area contributed by atoms with Crippen molar-refractivity contribution in [2.45, 2.75) is 33.4 Å². The average molecular weight is 425 g/mol. The number of amides is 2. The van der Waals surface area contributed by atoms with E-state index in [1.165, 1.54) is 21.8 Å². The minimum Gasteiger partial charge on any atom is -0.466 e. The molecule has 0 saturated carbocycles. The number of rotatable bonds is 6. The summed E-state index contributed by atoms with van der Waals surface area (Å²) in [5.41, 5.74) is 2.79. The summed E-state index contributed by atoms with van der Waals surface area (Å²) >= 11 is 1.50. The Morgan fingerprint density at radius 2 is 2.03 bits per heavy atom. The van der Waals surface area contributed by atoms with E-state index in [1.807, 2.05) is 6.07 Å². The van der Waals surface area contributed by atoms with Crippen LogP contribution in [0.2, 0.25) is 0 Å². The molecule has 7 nitrogen and oxygen atoms in total. The molecular weight excluding hydrogens is 400 g/mol. The summed E-state index contributed by atoms with van der Waals surface area (Å²) in [7, 11) is 0. The second-order valence-corrected chi connectivity index (χ2v) is 8.48. The third kappa shape index (κ3) is 4.77. The maximum atomic E-state index is 12.3. The number of carbonyl (C=O) groups is 2. The van der Waals surface area contributed by atoms with Crippen molar-refractivity contribution in [2.24, 2.45) is 0 Å². The molecule has 2 amide bonds. The minimum absolute atomic E-state index is 0.118. The molecule has 3 heterocycles. The number of carbonyl (C=O) groups excluding carboxylic acids is 2. The number of hydrogen-bond donors (Lipinski definition) is 2. The smallest absolute Gasteiger partial charge is 0.255 e. The first-order chi connectivity index (χ1) is 14.5. The van der Waals surface area contributed by atoms with Gasteiger partial charge in [-0.15, -0.1) is 11.3 Å². The highest BCUT2D eigenvalue weighted by atomic mass is 32.1. The number of nitrogens with zero attached hydrogens (tertiary/aromatic N) is 2. The van der Waals surface area contributed by atoms with Gasteiger partial charge in [-0.05, 0) is 25.5 Å². The standard InChI is InChI=1S/C22H24N4O3S/c1-14-10-17(15(2)29-14)21(28)23-11-20(27)25-22-24-18-8-9-26(13-19(18)30-22)12-16-6-4-3-5-7-16/h3-7,10H,8-9,11-13H2,1-2H3,(H,23,28)(H,24,25,27). The molecule has 3 aromatic rings. The van der Waals surface area contributed by atoms with E-state index in [9.17, 15) is 9.59 Å². The topological polar surface area (TPSA) is 87.5 Å². The second kappa shape index (κ2) is 8.81. The van der Waals surface area contributed by atoms with Gasteiger partial charge < -0.3 is 15.1 Å². The molecule has 0 saturated heterocycles. The Morgan fingerprint density at radius 3 is 2.77 bits per heavy atom. The quantitative estimate of drug-likeness (QED) is 0.634. The highest BCUT2D eigenvalue weighted by molar-refractivity contribution is 7.15. The van der Waals surface area contributed by atoms with Crippen LogP contribution in [-0.2, 0) is 24.3 Å². The maximum Gasteiger partial charge on any atom is 0.255 e. The maximum absolute atomic E-state index is 12.3. The van der Waals surface area contributed by atoms with Crippen molar-refractivity contribution < 1.29 is 14.0 Å². The average Bonchev–Trinajstić information content (AvgIpc) is 3.28. The molecule has 1 aliphatic rings. The van der Waals surface area contributed by atoms with Crippen LogP contribution in [0.25, 0.3) is 0 Å². The van der Waals surface area contributed by atoms with Gasteiger partial charge in [0.15, 0.2) is 5.13 Å². The van der Waals surface area contributed by atoms with Crippen molar-refractivity contribution in [3.63, 3.8) is 0 Å². The highest BCUT2D eigenvalue weighted by Gasteiger charge is 2.22. The fourth-order valence-corrected chi connectivity index (χ4v) is 4.62. The lowest BCUT2D eigenvalue weighted by Crippen LogP contribution is -2.32. The zero-order valence-electron chi connectivity index (χ0n) is 17.0. The van der Waals surface area contributed by atoms with Gasteiger partial charge in [-0.1, -0.05) is 30.3 Å². The van der Waals surface area contributed by atoms with Gasteiger partial charge in [-0.25, -0.2) is 4.98 Å². The first-order valence-corrected chi connectivity index (χ1v) is 10.7. The van der Waals surface area contributed by atoms with E-state index >= 15 is 0 Å². The normalized spacial score (nSPS) is 13.7. The molecule has 8 heteroatoms. The number of nitrogens with one attached hydrogen (secondary N) is 2. The fraction of sp³-hybridized carbons (Fsp3) is 0.318. The Labute approximate surface area is 179 Å². The minimum atomic E-state index is -0.325. The number of aromatic nitrogens is 1. The molecule has 4 rings (SSSR count). The van der Waals surface area contributed by atoms with Crippen LogP contribution in [0.1, 0.15) is 38.0 Å². The second-order valence-electron chi connectivity index (χ2n) is 7.39. The van der Waals surface area contributed by atoms with Crippen molar-refractivity contribution in [1.29, 1.82) is 0 Å². The summed E-state index contributed by atoms with van der Waals surface area (Å²) < 4.78 is 5.36. The predicted molar refractivity (Wildman–Crippen MR) is 116 cm³/mol. The third-order valence-corrected chi connectivity index (χ3v) is 6.00. The number of anilines is 1. The Balaban J connectivity index is 1.30. The first-order valence-electron chi connectivity index (χ1n) is 9.88. The summed E-state index contributed by atoms with van der Waals surface area (Å²) in [6.45, 7) is 6.06. The molecule has 2 N–H and O–H groups in total. The molecule has 2 aromatic heterocycles. The van der Waals surface area contributed by atoms with Crippen molar-refractivity contribution >= 4 is 28.3 Å². The summed E-state index contributed by atoms with van der Waals surface area (Å²) in [6, 6.07) is 12.1. The van der Waals surface area contributed by atoms with Crippen LogP contribution in [0.15, 0.2) is 40.8 Å². The number of aryl methyl sites for hydroxylation is 2. The van der Waals surface area contributed by atoms with Crippen molar-refractivity contribution in [1.82, 2.24) is 15.2 Å². The van der Waals surface area contributed by atoms with Crippen molar-refractivity contribution in [2.75, 3.05) is 18.4 Å². The molecule has 1 aliphatic heterocycles. The summed E-state index contributed by atoms with van der Waals surface area (Å²) in [4.78, 5) is 32.6. The molecular formula is C22H24N4O3S. The lowest BCUT2D eigenvalue weighted by molar-refractivity contribution is -0.115. The van der Waals surface area contributed by atoms with Gasteiger partial charge in [0.2, 0.25) is 5.91 Å². The summed E-state index contributed by atoms with van der Waals surface area (Å²) in [5.74, 6) is 0.581. The van der Waals surface area contributed by atoms with E-state index < -0.39 is 0 Å². The molecule has 1 aromatic carbocycles. The molecule has 0 unspecified atom stereocenters. The largest absolute Gasteiger partial charge is 0.466 e. The summed E-state index contributed by atoms with van der Waals surface area (Å²) in [5, 5.41) is 6.01. The van der Waals surface area contributed by atoms with Gasteiger partial charge in [0, 0.05) is 30.9 Å². The van der Waals surface area contributed by atoms with Gasteiger partial charge in [0.1, 0.15) is 11.5 Å². The molecule has 0 radical (unpaired) electrons. The Kier molecular flexibility index (Phi) is 5.96. The summed E-state index contributed by atoms with van der Waals surface area (Å²) in [6.07, 6.45) is 0.865. The lowest BCUT2D eigenvalue weighted by atomic mass is 10.1. The Hall–Kier alpha value is -2.97. The number of fused-ring (bicyclic) bond motifs is 1. The zero-order chi connectivity index (χ0) is 21.1. The monoisotopic (exact) mass is 424 g/mol. The lowest BCUT2D eigenvalue weighted by Gasteiger charge is -2.25. The van der Waals surface area contributed by atoms with Crippen molar-refractivity contribution in [3.8, 4) is 0 Å². The van der Waals surface area contributed by atoms with Crippen molar-refractivity contribution in [3.05, 3.63) is 69.6 Å². The highest BCUT2D eigenvalue weighted by Crippen LogP contribution is 2.29. The predicted octanol–water partition coefficient (Wildman–Crippen LogP) is 3.28.